The van der Waals surface area contributed by atoms with Crippen LogP contribution in [0.15, 0.2) is 12.2 Å². The van der Waals surface area contributed by atoms with E-state index >= 15 is 14.4 Å². The molecule has 2 unspecified atom stereocenters. The smallest absolute Gasteiger partial charge is 0.246 e. The monoisotopic (exact) mass is 1270 g/mol. The van der Waals surface area contributed by atoms with Gasteiger partial charge in [0, 0.05) is 55.3 Å². The molecule has 23 heteroatoms. The SMILES string of the molecule is C/C=C/C[C@@H](C)[C@H](O)C(C(=O)N[C@@H](CC)C(=O)N(C)CC(=O)N(C)[C@H](C(N)=O)C(C)CC)N(C)C(=O)[C@H](C(C)C)N(C)C(=O)[C@@H](CC(C)C)N(C)C(=O)[C@@H](CC(C)C)N(C)C(=O)[C@H](C)NC(=O)[C@@H](CC(C)C)NC(=O)[C@H](CC(C)C)N(C)C(=O)[C@H](C)CC(C)C. The number of aliphatic hydroxyl groups is 1. The maximum atomic E-state index is 15.2. The van der Waals surface area contributed by atoms with Gasteiger partial charge in [0.15, 0.2) is 0 Å². The van der Waals surface area contributed by atoms with Gasteiger partial charge >= 0.3 is 0 Å². The maximum Gasteiger partial charge on any atom is 0.246 e. The number of carbonyl (C=O) groups excluding carboxylic acids is 11. The molecule has 0 aliphatic rings. The van der Waals surface area contributed by atoms with Crippen molar-refractivity contribution in [3.05, 3.63) is 12.2 Å². The largest absolute Gasteiger partial charge is 0.390 e. The summed E-state index contributed by atoms with van der Waals surface area (Å²) in [5, 5.41) is 20.5. The van der Waals surface area contributed by atoms with E-state index in [9.17, 15) is 43.5 Å². The van der Waals surface area contributed by atoms with Crippen molar-refractivity contribution in [1.82, 2.24) is 50.2 Å². The first-order chi connectivity index (χ1) is 41.5. The standard InChI is InChI=1S/C67H123N11O12/c1-27-30-31-45(17)57(80)56(61(84)70-48(29-3)64(87)72(20)37-53(79)76(24)55(58(68)81)44(16)28-2)78(26)67(90)54(43(14)15)77(25)66(89)52(36-42(12)13)75(23)65(88)51(35-41(10)11)74(22)63(86)47(19)69-59(82)49(33-39(6)7)71-60(83)50(34-40(8)9)73(21)62(85)46(18)32-38(4)5/h27,30,38-52,54-57,80H,28-29,31-37H2,1-26H3,(H2,68,81)(H,69,82)(H,70,84)(H,71,83)/b30-27+/t44?,45-,46-,47+,48+,49-,50+,51-,52-,54+,55+,56?,57+/m1/s1. The lowest BCUT2D eigenvalue weighted by atomic mass is 9.91. The van der Waals surface area contributed by atoms with Crippen molar-refractivity contribution >= 4 is 65.0 Å². The minimum absolute atomic E-state index is 0.0377. The highest BCUT2D eigenvalue weighted by molar-refractivity contribution is 5.99. The van der Waals surface area contributed by atoms with Gasteiger partial charge in [-0.05, 0) is 106 Å². The van der Waals surface area contributed by atoms with E-state index in [1.165, 1.54) is 73.7 Å². The predicted molar refractivity (Wildman–Crippen MR) is 353 cm³/mol. The molecule has 0 aliphatic heterocycles. The molecule has 13 atom stereocenters. The maximum absolute atomic E-state index is 15.2. The van der Waals surface area contributed by atoms with Crippen LogP contribution in [0.5, 0.6) is 0 Å². The fourth-order valence-corrected chi connectivity index (χ4v) is 11.6. The average Bonchev–Trinajstić information content (AvgIpc) is 0.938. The van der Waals surface area contributed by atoms with Crippen LogP contribution in [-0.4, -0.2) is 221 Å². The van der Waals surface area contributed by atoms with E-state index in [0.29, 0.717) is 25.7 Å². The van der Waals surface area contributed by atoms with E-state index in [4.69, 9.17) is 5.73 Å². The lowest BCUT2D eigenvalue weighted by Gasteiger charge is -2.41. The van der Waals surface area contributed by atoms with Crippen molar-refractivity contribution < 1.29 is 57.8 Å². The number of amides is 11. The molecule has 0 fully saturated rings. The Morgan fingerprint density at radius 2 is 0.867 bits per heavy atom. The molecule has 0 radical (unpaired) electrons. The van der Waals surface area contributed by atoms with Gasteiger partial charge in [0.1, 0.15) is 54.4 Å². The Hall–Kier alpha value is -6.13. The van der Waals surface area contributed by atoms with Gasteiger partial charge in [0.05, 0.1) is 12.6 Å². The first kappa shape index (κ1) is 83.9. The molecule has 6 N–H and O–H groups in total. The van der Waals surface area contributed by atoms with Crippen LogP contribution in [0.1, 0.15) is 183 Å². The zero-order valence-corrected chi connectivity index (χ0v) is 60.1. The molecule has 0 aromatic carbocycles. The second-order valence-corrected chi connectivity index (χ2v) is 27.9. The fourth-order valence-electron chi connectivity index (χ4n) is 11.6. The number of nitrogens with zero attached hydrogens (tertiary/aromatic N) is 7. The third kappa shape index (κ3) is 25.2. The van der Waals surface area contributed by atoms with E-state index in [-0.39, 0.29) is 73.0 Å². The van der Waals surface area contributed by atoms with E-state index < -0.39 is 138 Å². The Kier molecular flexibility index (Phi) is 36.6. The average molecular weight is 1270 g/mol. The topological polar surface area (TPSA) is 293 Å². The second kappa shape index (κ2) is 39.3. The van der Waals surface area contributed by atoms with Crippen LogP contribution in [0, 0.1) is 53.3 Å². The summed E-state index contributed by atoms with van der Waals surface area (Å²) >= 11 is 0. The molecule has 0 bridgehead atoms. The molecule has 0 saturated heterocycles. The Bertz CT molecular complexity index is 2400. The van der Waals surface area contributed by atoms with Gasteiger partial charge in [-0.2, -0.15) is 0 Å². The molecule has 0 aromatic rings. The number of nitrogens with two attached hydrogens (primary N) is 1. The molecule has 0 aliphatic carbocycles. The molecule has 90 heavy (non-hydrogen) atoms. The third-order valence-electron chi connectivity index (χ3n) is 17.1. The third-order valence-corrected chi connectivity index (χ3v) is 17.1. The molecule has 0 spiro atoms. The molecule has 0 heterocycles. The molecular weight excluding hydrogens is 1150 g/mol. The highest BCUT2D eigenvalue weighted by atomic mass is 16.3. The normalized spacial score (nSPS) is 16.2. The van der Waals surface area contributed by atoms with E-state index in [0.717, 1.165) is 9.80 Å². The highest BCUT2D eigenvalue weighted by Crippen LogP contribution is 2.26. The number of allylic oxidation sites excluding steroid dienone is 2. The number of carbonyl (C=O) groups is 11. The van der Waals surface area contributed by atoms with Crippen molar-refractivity contribution in [2.75, 3.05) is 55.9 Å². The second-order valence-electron chi connectivity index (χ2n) is 27.9. The Labute approximate surface area is 541 Å². The highest BCUT2D eigenvalue weighted by Gasteiger charge is 2.45. The number of aliphatic hydroxyl groups excluding tert-OH is 1. The van der Waals surface area contributed by atoms with E-state index in [1.54, 1.807) is 54.7 Å². The van der Waals surface area contributed by atoms with Gasteiger partial charge in [-0.15, -0.1) is 0 Å². The lowest BCUT2D eigenvalue weighted by molar-refractivity contribution is -0.157. The van der Waals surface area contributed by atoms with Crippen molar-refractivity contribution in [3.8, 4) is 0 Å². The molecule has 0 aromatic heterocycles. The number of hydrogen-bond acceptors (Lipinski definition) is 12. The first-order valence-electron chi connectivity index (χ1n) is 32.8. The zero-order chi connectivity index (χ0) is 70.3. The Morgan fingerprint density at radius 1 is 0.433 bits per heavy atom. The van der Waals surface area contributed by atoms with Crippen LogP contribution >= 0.6 is 0 Å². The molecule has 11 amide bonds. The number of hydrogen-bond donors (Lipinski definition) is 5. The summed E-state index contributed by atoms with van der Waals surface area (Å²) in [6, 6.07) is -10.4. The van der Waals surface area contributed by atoms with E-state index in [2.05, 4.69) is 16.0 Å². The molecule has 518 valence electrons. The minimum atomic E-state index is -1.60. The Morgan fingerprint density at radius 3 is 1.30 bits per heavy atom. The van der Waals surface area contributed by atoms with Crippen LogP contribution < -0.4 is 21.7 Å². The number of rotatable bonds is 39. The summed E-state index contributed by atoms with van der Waals surface area (Å²) in [7, 11) is 10.2. The van der Waals surface area contributed by atoms with Crippen molar-refractivity contribution in [2.24, 2.45) is 59.0 Å². The van der Waals surface area contributed by atoms with Crippen LogP contribution in [0.4, 0.5) is 0 Å². The number of nitrogens with one attached hydrogen (secondary N) is 3. The van der Waals surface area contributed by atoms with Crippen LogP contribution in [0.3, 0.4) is 0 Å². The minimum Gasteiger partial charge on any atom is -0.390 e. The van der Waals surface area contributed by atoms with Gasteiger partial charge in [0.2, 0.25) is 65.0 Å². The van der Waals surface area contributed by atoms with Gasteiger partial charge in [-0.25, -0.2) is 0 Å². The molecule has 0 saturated carbocycles. The van der Waals surface area contributed by atoms with Crippen LogP contribution in [0.25, 0.3) is 0 Å². The van der Waals surface area contributed by atoms with Gasteiger partial charge in [-0.3, -0.25) is 52.7 Å². The molecule has 23 nitrogen and oxygen atoms in total. The zero-order valence-electron chi connectivity index (χ0n) is 60.1. The van der Waals surface area contributed by atoms with Crippen molar-refractivity contribution in [2.45, 2.75) is 243 Å². The fraction of sp³-hybridized carbons (Fsp3) is 0.806. The Balaban J connectivity index is 7.22. The summed E-state index contributed by atoms with van der Waals surface area (Å²) < 4.78 is 0. The predicted octanol–water partition coefficient (Wildman–Crippen LogP) is 5.31. The number of primary amides is 1. The van der Waals surface area contributed by atoms with Crippen LogP contribution in [-0.2, 0) is 52.7 Å². The van der Waals surface area contributed by atoms with Crippen molar-refractivity contribution in [1.29, 1.82) is 0 Å². The van der Waals surface area contributed by atoms with Gasteiger partial charge in [-0.1, -0.05) is 136 Å². The molecular formula is C67H123N11O12. The van der Waals surface area contributed by atoms with Crippen molar-refractivity contribution in [3.63, 3.8) is 0 Å². The van der Waals surface area contributed by atoms with E-state index in [1.807, 2.05) is 89.2 Å². The van der Waals surface area contributed by atoms with Crippen LogP contribution in [0.2, 0.25) is 0 Å². The summed E-state index contributed by atoms with van der Waals surface area (Å²) in [4.78, 5) is 165. The number of likely N-dealkylation sites (N-methyl/N-ethyl adjacent to an activating group) is 7. The summed E-state index contributed by atoms with van der Waals surface area (Å²) in [5.41, 5.74) is 5.66. The first-order valence-corrected chi connectivity index (χ1v) is 32.8. The molecule has 0 rings (SSSR count). The summed E-state index contributed by atoms with van der Waals surface area (Å²) in [5.74, 6) is -8.41. The quantitative estimate of drug-likeness (QED) is 0.0490. The van der Waals surface area contributed by atoms with Gasteiger partial charge in [0.25, 0.3) is 0 Å². The summed E-state index contributed by atoms with van der Waals surface area (Å²) in [6.45, 7) is 34.4. The lowest BCUT2D eigenvalue weighted by Crippen LogP contribution is -2.63. The van der Waals surface area contributed by atoms with Gasteiger partial charge < -0.3 is 61.1 Å². The summed E-state index contributed by atoms with van der Waals surface area (Å²) in [6.07, 6.45) is 4.55.